The van der Waals surface area contributed by atoms with E-state index >= 15 is 0 Å². The van der Waals surface area contributed by atoms with Crippen molar-refractivity contribution in [3.05, 3.63) is 29.0 Å². The van der Waals surface area contributed by atoms with E-state index < -0.39 is 0 Å². The van der Waals surface area contributed by atoms with E-state index in [1.165, 1.54) is 22.2 Å². The largest absolute Gasteiger partial charge is 0.496 e. The highest BCUT2D eigenvalue weighted by Gasteiger charge is 2.12. The average Bonchev–Trinajstić information content (AvgIpc) is 2.51. The molecule has 1 aromatic heterocycles. The van der Waals surface area contributed by atoms with Gasteiger partial charge in [0.15, 0.2) is 0 Å². The molecule has 0 bridgehead atoms. The fourth-order valence-corrected chi connectivity index (χ4v) is 2.25. The summed E-state index contributed by atoms with van der Waals surface area (Å²) in [5, 5.41) is 1.20. The van der Waals surface area contributed by atoms with E-state index in [0.29, 0.717) is 6.54 Å². The lowest BCUT2D eigenvalue weighted by atomic mass is 10.1. The predicted octanol–water partition coefficient (Wildman–Crippen LogP) is 2.26. The summed E-state index contributed by atoms with van der Waals surface area (Å²) in [6.07, 6.45) is 0. The number of rotatable bonds is 2. The standard InChI is InChI=1S/C13H18N2O/c1-8-5-12-10(6-13(8)16-4)11(7-14)9(2)15(12)3/h5-6H,7,14H2,1-4H3. The predicted molar refractivity (Wildman–Crippen MR) is 66.8 cm³/mol. The Hall–Kier alpha value is -1.48. The third kappa shape index (κ3) is 1.39. The van der Waals surface area contributed by atoms with Crippen LogP contribution in [0.4, 0.5) is 0 Å². The number of ether oxygens (including phenoxy) is 1. The smallest absolute Gasteiger partial charge is 0.122 e. The molecule has 0 amide bonds. The van der Waals surface area contributed by atoms with Crippen molar-refractivity contribution in [2.45, 2.75) is 20.4 Å². The van der Waals surface area contributed by atoms with Gasteiger partial charge < -0.3 is 15.0 Å². The van der Waals surface area contributed by atoms with Gasteiger partial charge in [-0.2, -0.15) is 0 Å². The SMILES string of the molecule is COc1cc2c(CN)c(C)n(C)c2cc1C. The normalized spacial score (nSPS) is 11.1. The molecule has 0 radical (unpaired) electrons. The first-order valence-corrected chi connectivity index (χ1v) is 5.42. The van der Waals surface area contributed by atoms with Gasteiger partial charge in [-0.1, -0.05) is 0 Å². The minimum absolute atomic E-state index is 0.565. The topological polar surface area (TPSA) is 40.2 Å². The zero-order chi connectivity index (χ0) is 11.9. The molecule has 0 unspecified atom stereocenters. The highest BCUT2D eigenvalue weighted by Crippen LogP contribution is 2.30. The van der Waals surface area contributed by atoms with E-state index in [4.69, 9.17) is 10.5 Å². The van der Waals surface area contributed by atoms with Crippen molar-refractivity contribution in [1.82, 2.24) is 4.57 Å². The molecule has 1 aromatic carbocycles. The molecule has 0 aliphatic carbocycles. The fraction of sp³-hybridized carbons (Fsp3) is 0.385. The number of aryl methyl sites for hydroxylation is 2. The summed E-state index contributed by atoms with van der Waals surface area (Å²) < 4.78 is 7.54. The van der Waals surface area contributed by atoms with Crippen molar-refractivity contribution in [3.63, 3.8) is 0 Å². The van der Waals surface area contributed by atoms with Crippen LogP contribution >= 0.6 is 0 Å². The highest BCUT2D eigenvalue weighted by molar-refractivity contribution is 5.87. The van der Waals surface area contributed by atoms with Gasteiger partial charge in [0, 0.05) is 30.2 Å². The van der Waals surface area contributed by atoms with E-state index in [2.05, 4.69) is 37.6 Å². The summed E-state index contributed by atoms with van der Waals surface area (Å²) in [5.41, 5.74) is 10.6. The molecule has 0 fully saturated rings. The van der Waals surface area contributed by atoms with Gasteiger partial charge >= 0.3 is 0 Å². The minimum atomic E-state index is 0.565. The maximum Gasteiger partial charge on any atom is 0.122 e. The third-order valence-corrected chi connectivity index (χ3v) is 3.34. The lowest BCUT2D eigenvalue weighted by Gasteiger charge is -2.06. The average molecular weight is 218 g/mol. The second-order valence-electron chi connectivity index (χ2n) is 4.17. The summed E-state index contributed by atoms with van der Waals surface area (Å²) in [4.78, 5) is 0. The second kappa shape index (κ2) is 3.83. The molecular weight excluding hydrogens is 200 g/mol. The molecule has 2 N–H and O–H groups in total. The zero-order valence-corrected chi connectivity index (χ0v) is 10.3. The molecule has 0 aliphatic heterocycles. The Morgan fingerprint density at radius 2 is 2.00 bits per heavy atom. The van der Waals surface area contributed by atoms with Crippen molar-refractivity contribution in [2.75, 3.05) is 7.11 Å². The number of hydrogen-bond donors (Lipinski definition) is 1. The lowest BCUT2D eigenvalue weighted by Crippen LogP contribution is -1.99. The molecule has 2 aromatic rings. The fourth-order valence-electron chi connectivity index (χ4n) is 2.25. The van der Waals surface area contributed by atoms with Crippen LogP contribution in [0.2, 0.25) is 0 Å². The molecule has 0 saturated carbocycles. The number of fused-ring (bicyclic) bond motifs is 1. The number of benzene rings is 1. The van der Waals surface area contributed by atoms with E-state index in [-0.39, 0.29) is 0 Å². The molecule has 86 valence electrons. The second-order valence-corrected chi connectivity index (χ2v) is 4.17. The molecule has 3 heteroatoms. The van der Waals surface area contributed by atoms with Crippen LogP contribution in [-0.4, -0.2) is 11.7 Å². The van der Waals surface area contributed by atoms with E-state index in [9.17, 15) is 0 Å². The maximum atomic E-state index is 5.81. The van der Waals surface area contributed by atoms with Crippen molar-refractivity contribution < 1.29 is 4.74 Å². The molecule has 0 saturated heterocycles. The third-order valence-electron chi connectivity index (χ3n) is 3.34. The number of methoxy groups -OCH3 is 1. The Labute approximate surface area is 95.8 Å². The first-order chi connectivity index (χ1) is 7.60. The van der Waals surface area contributed by atoms with Gasteiger partial charge in [-0.3, -0.25) is 0 Å². The molecule has 0 spiro atoms. The van der Waals surface area contributed by atoms with Gasteiger partial charge in [-0.25, -0.2) is 0 Å². The van der Waals surface area contributed by atoms with Crippen molar-refractivity contribution in [3.8, 4) is 5.75 Å². The van der Waals surface area contributed by atoms with Gasteiger partial charge in [-0.15, -0.1) is 0 Å². The van der Waals surface area contributed by atoms with Crippen LogP contribution in [0.5, 0.6) is 5.75 Å². The molecule has 0 aliphatic rings. The van der Waals surface area contributed by atoms with Crippen LogP contribution in [0.1, 0.15) is 16.8 Å². The van der Waals surface area contributed by atoms with Crippen molar-refractivity contribution >= 4 is 10.9 Å². The van der Waals surface area contributed by atoms with Crippen molar-refractivity contribution in [2.24, 2.45) is 12.8 Å². The first kappa shape index (κ1) is 11.0. The van der Waals surface area contributed by atoms with Crippen molar-refractivity contribution in [1.29, 1.82) is 0 Å². The Kier molecular flexibility index (Phi) is 2.64. The van der Waals surface area contributed by atoms with E-state index in [0.717, 1.165) is 11.3 Å². The van der Waals surface area contributed by atoms with Gasteiger partial charge in [-0.05, 0) is 37.1 Å². The summed E-state index contributed by atoms with van der Waals surface area (Å²) in [6, 6.07) is 4.24. The van der Waals surface area contributed by atoms with E-state index in [1.54, 1.807) is 7.11 Å². The molecule has 0 atom stereocenters. The summed E-state index contributed by atoms with van der Waals surface area (Å²) in [6.45, 7) is 4.72. The van der Waals surface area contributed by atoms with Crippen LogP contribution in [0.25, 0.3) is 10.9 Å². The van der Waals surface area contributed by atoms with Gasteiger partial charge in [0.05, 0.1) is 7.11 Å². The first-order valence-electron chi connectivity index (χ1n) is 5.42. The van der Waals surface area contributed by atoms with Gasteiger partial charge in [0.2, 0.25) is 0 Å². The Morgan fingerprint density at radius 1 is 1.31 bits per heavy atom. The summed E-state index contributed by atoms with van der Waals surface area (Å²) in [7, 11) is 3.77. The van der Waals surface area contributed by atoms with Crippen LogP contribution in [0, 0.1) is 13.8 Å². The molecular formula is C13H18N2O. The van der Waals surface area contributed by atoms with Gasteiger partial charge in [0.1, 0.15) is 5.75 Å². The Balaban J connectivity index is 2.85. The monoisotopic (exact) mass is 218 g/mol. The van der Waals surface area contributed by atoms with Crippen LogP contribution in [0.15, 0.2) is 12.1 Å². The van der Waals surface area contributed by atoms with E-state index in [1.807, 2.05) is 0 Å². The number of hydrogen-bond acceptors (Lipinski definition) is 2. The number of aromatic nitrogens is 1. The molecule has 2 rings (SSSR count). The molecule has 1 heterocycles. The van der Waals surface area contributed by atoms with Crippen LogP contribution in [0.3, 0.4) is 0 Å². The summed E-state index contributed by atoms with van der Waals surface area (Å²) >= 11 is 0. The molecule has 3 nitrogen and oxygen atoms in total. The maximum absolute atomic E-state index is 5.81. The summed E-state index contributed by atoms with van der Waals surface area (Å²) in [5.74, 6) is 0.924. The highest BCUT2D eigenvalue weighted by atomic mass is 16.5. The lowest BCUT2D eigenvalue weighted by molar-refractivity contribution is 0.412. The minimum Gasteiger partial charge on any atom is -0.496 e. The number of nitrogens with two attached hydrogens (primary N) is 1. The molecule has 16 heavy (non-hydrogen) atoms. The number of nitrogens with zero attached hydrogens (tertiary/aromatic N) is 1. The Bertz CT molecular complexity index is 541. The Morgan fingerprint density at radius 3 is 2.56 bits per heavy atom. The van der Waals surface area contributed by atoms with Gasteiger partial charge in [0.25, 0.3) is 0 Å². The van der Waals surface area contributed by atoms with Crippen LogP contribution < -0.4 is 10.5 Å². The van der Waals surface area contributed by atoms with Crippen LogP contribution in [-0.2, 0) is 13.6 Å². The quantitative estimate of drug-likeness (QED) is 0.840. The zero-order valence-electron chi connectivity index (χ0n) is 10.3.